The van der Waals surface area contributed by atoms with Crippen LogP contribution in [-0.4, -0.2) is 32.7 Å². The average molecular weight is 483 g/mol. The van der Waals surface area contributed by atoms with E-state index >= 15 is 0 Å². The van der Waals surface area contributed by atoms with Crippen LogP contribution in [0.25, 0.3) is 5.57 Å². The van der Waals surface area contributed by atoms with Crippen LogP contribution in [0.5, 0.6) is 0 Å². The number of carbonyl (C=O) groups excluding carboxylic acids is 2. The first-order valence-electron chi connectivity index (χ1n) is 12.1. The van der Waals surface area contributed by atoms with E-state index in [2.05, 4.69) is 0 Å². The van der Waals surface area contributed by atoms with Gasteiger partial charge in [0, 0.05) is 29.3 Å². The topological polar surface area (TPSA) is 101 Å². The Hall–Kier alpha value is -4.10. The Morgan fingerprint density at radius 2 is 1.47 bits per heavy atom. The predicted octanol–water partition coefficient (Wildman–Crippen LogP) is 5.25. The highest BCUT2D eigenvalue weighted by Crippen LogP contribution is 2.49. The molecule has 0 spiro atoms. The standard InChI is InChI=1S/C29H26N2O5/c32-27(21-10-4-1-5-11-21)26-25(20-16-18-24(19-17-20)31(35)36)28(33)30(23-14-8-3-9-15-23)29(26,34)22-12-6-2-7-13-22/h1-2,4-7,10-13,16-19,23,34H,3,8-9,14-15H2. The molecule has 0 bridgehead atoms. The van der Waals surface area contributed by atoms with Crippen LogP contribution in [-0.2, 0) is 10.5 Å². The van der Waals surface area contributed by atoms with Gasteiger partial charge in [0.1, 0.15) is 0 Å². The Kier molecular flexibility index (Phi) is 6.24. The number of carbonyl (C=O) groups is 2. The predicted molar refractivity (Wildman–Crippen MR) is 135 cm³/mol. The second-order valence-corrected chi connectivity index (χ2v) is 9.25. The minimum Gasteiger partial charge on any atom is -0.363 e. The largest absolute Gasteiger partial charge is 0.363 e. The van der Waals surface area contributed by atoms with E-state index < -0.39 is 22.3 Å². The molecule has 1 aliphatic carbocycles. The van der Waals surface area contributed by atoms with Gasteiger partial charge in [-0.15, -0.1) is 0 Å². The summed E-state index contributed by atoms with van der Waals surface area (Å²) in [6.45, 7) is 0. The maximum Gasteiger partial charge on any atom is 0.269 e. The van der Waals surface area contributed by atoms with Crippen LogP contribution in [0, 0.1) is 10.1 Å². The first-order valence-corrected chi connectivity index (χ1v) is 12.1. The van der Waals surface area contributed by atoms with Crippen molar-refractivity contribution in [3.8, 4) is 0 Å². The second-order valence-electron chi connectivity index (χ2n) is 9.25. The third-order valence-corrected chi connectivity index (χ3v) is 7.13. The van der Waals surface area contributed by atoms with Gasteiger partial charge in [-0.3, -0.25) is 24.6 Å². The number of rotatable bonds is 6. The fourth-order valence-electron chi connectivity index (χ4n) is 5.42. The zero-order valence-electron chi connectivity index (χ0n) is 19.7. The van der Waals surface area contributed by atoms with Crippen molar-refractivity contribution in [1.29, 1.82) is 0 Å². The van der Waals surface area contributed by atoms with Gasteiger partial charge in [0.25, 0.3) is 11.6 Å². The fourth-order valence-corrected chi connectivity index (χ4v) is 5.42. The van der Waals surface area contributed by atoms with Crippen LogP contribution < -0.4 is 0 Å². The van der Waals surface area contributed by atoms with E-state index in [9.17, 15) is 24.8 Å². The number of Topliss-reactive ketones (excluding diaryl/α,β-unsaturated/α-hetero) is 1. The van der Waals surface area contributed by atoms with Crippen molar-refractivity contribution in [2.75, 3.05) is 0 Å². The van der Waals surface area contributed by atoms with Gasteiger partial charge < -0.3 is 5.11 Å². The summed E-state index contributed by atoms with van der Waals surface area (Å²) in [5, 5.41) is 23.8. The highest BCUT2D eigenvalue weighted by Gasteiger charge is 2.56. The normalized spacial score (nSPS) is 20.6. The molecule has 7 nitrogen and oxygen atoms in total. The van der Waals surface area contributed by atoms with E-state index in [-0.39, 0.29) is 22.9 Å². The molecular formula is C29H26N2O5. The zero-order valence-corrected chi connectivity index (χ0v) is 19.7. The van der Waals surface area contributed by atoms with Crippen LogP contribution in [0.2, 0.25) is 0 Å². The van der Waals surface area contributed by atoms with Crippen molar-refractivity contribution in [3.05, 3.63) is 117 Å². The Bertz CT molecular complexity index is 1330. The molecule has 1 heterocycles. The quantitative estimate of drug-likeness (QED) is 0.294. The molecule has 3 aromatic rings. The van der Waals surface area contributed by atoms with Gasteiger partial charge in [-0.1, -0.05) is 79.9 Å². The number of benzene rings is 3. The first kappa shape index (κ1) is 23.6. The van der Waals surface area contributed by atoms with Crippen molar-refractivity contribution in [2.24, 2.45) is 0 Å². The van der Waals surface area contributed by atoms with Gasteiger partial charge in [0.05, 0.1) is 16.1 Å². The molecular weight excluding hydrogens is 456 g/mol. The lowest BCUT2D eigenvalue weighted by Crippen LogP contribution is -2.52. The lowest BCUT2D eigenvalue weighted by atomic mass is 9.85. The second kappa shape index (κ2) is 9.51. The Balaban J connectivity index is 1.78. The van der Waals surface area contributed by atoms with Crippen LogP contribution in [0.4, 0.5) is 5.69 Å². The summed E-state index contributed by atoms with van der Waals surface area (Å²) in [5.41, 5.74) is -0.912. The first-order chi connectivity index (χ1) is 17.4. The number of nitro benzene ring substituents is 1. The Morgan fingerprint density at radius 1 is 0.889 bits per heavy atom. The summed E-state index contributed by atoms with van der Waals surface area (Å²) in [7, 11) is 0. The number of nitrogens with zero attached hydrogens (tertiary/aromatic N) is 2. The van der Waals surface area contributed by atoms with Gasteiger partial charge in [-0.05, 0) is 30.5 Å². The van der Waals surface area contributed by atoms with Crippen molar-refractivity contribution in [1.82, 2.24) is 4.90 Å². The van der Waals surface area contributed by atoms with E-state index in [0.717, 1.165) is 32.1 Å². The van der Waals surface area contributed by atoms with Crippen molar-refractivity contribution >= 4 is 23.0 Å². The van der Waals surface area contributed by atoms with E-state index in [4.69, 9.17) is 0 Å². The number of amides is 1. The number of hydrogen-bond donors (Lipinski definition) is 1. The highest BCUT2D eigenvalue weighted by molar-refractivity contribution is 6.32. The van der Waals surface area contributed by atoms with Gasteiger partial charge >= 0.3 is 0 Å². The summed E-state index contributed by atoms with van der Waals surface area (Å²) >= 11 is 0. The summed E-state index contributed by atoms with van der Waals surface area (Å²) in [4.78, 5) is 40.4. The molecule has 5 rings (SSSR count). The summed E-state index contributed by atoms with van der Waals surface area (Å²) in [6.07, 6.45) is 4.35. The average Bonchev–Trinajstić information content (AvgIpc) is 3.17. The third-order valence-electron chi connectivity index (χ3n) is 7.13. The third kappa shape index (κ3) is 3.91. The number of non-ortho nitro benzene ring substituents is 1. The molecule has 2 aliphatic rings. The molecule has 7 heteroatoms. The lowest BCUT2D eigenvalue weighted by Gasteiger charge is -2.42. The molecule has 36 heavy (non-hydrogen) atoms. The molecule has 1 unspecified atom stereocenters. The van der Waals surface area contributed by atoms with E-state index in [0.29, 0.717) is 16.7 Å². The van der Waals surface area contributed by atoms with Crippen molar-refractivity contribution in [3.63, 3.8) is 0 Å². The minimum atomic E-state index is -1.98. The van der Waals surface area contributed by atoms with E-state index in [1.54, 1.807) is 54.6 Å². The molecule has 1 amide bonds. The number of aliphatic hydroxyl groups is 1. The maximum atomic E-state index is 14.2. The molecule has 0 radical (unpaired) electrons. The van der Waals surface area contributed by atoms with E-state index in [1.165, 1.54) is 29.2 Å². The summed E-state index contributed by atoms with van der Waals surface area (Å²) in [6, 6.07) is 22.7. The fraction of sp³-hybridized carbons (Fsp3) is 0.241. The van der Waals surface area contributed by atoms with E-state index in [1.807, 2.05) is 6.07 Å². The molecule has 0 aromatic heterocycles. The number of ketones is 1. The monoisotopic (exact) mass is 482 g/mol. The molecule has 1 fully saturated rings. The smallest absolute Gasteiger partial charge is 0.269 e. The Morgan fingerprint density at radius 3 is 2.06 bits per heavy atom. The number of hydrogen-bond acceptors (Lipinski definition) is 5. The molecule has 1 saturated carbocycles. The van der Waals surface area contributed by atoms with Crippen LogP contribution >= 0.6 is 0 Å². The molecule has 182 valence electrons. The Labute approximate surface area is 208 Å². The van der Waals surface area contributed by atoms with Gasteiger partial charge in [0.15, 0.2) is 11.5 Å². The van der Waals surface area contributed by atoms with Gasteiger partial charge in [-0.2, -0.15) is 0 Å². The van der Waals surface area contributed by atoms with Crippen molar-refractivity contribution in [2.45, 2.75) is 43.9 Å². The zero-order chi connectivity index (χ0) is 25.3. The maximum absolute atomic E-state index is 14.2. The number of nitro groups is 1. The molecule has 0 saturated heterocycles. The summed E-state index contributed by atoms with van der Waals surface area (Å²) < 4.78 is 0. The summed E-state index contributed by atoms with van der Waals surface area (Å²) in [5.74, 6) is -0.900. The SMILES string of the molecule is O=C(C1=C(c2ccc([N+](=O)[O-])cc2)C(=O)N(C2CCCCC2)C1(O)c1ccccc1)c1ccccc1. The van der Waals surface area contributed by atoms with Crippen LogP contribution in [0.15, 0.2) is 90.5 Å². The van der Waals surface area contributed by atoms with Crippen LogP contribution in [0.3, 0.4) is 0 Å². The molecule has 1 N–H and O–H groups in total. The molecule has 3 aromatic carbocycles. The minimum absolute atomic E-state index is 0.0238. The van der Waals surface area contributed by atoms with Crippen molar-refractivity contribution < 1.29 is 19.6 Å². The van der Waals surface area contributed by atoms with Gasteiger partial charge in [-0.25, -0.2) is 0 Å². The molecule has 1 atom stereocenters. The van der Waals surface area contributed by atoms with Crippen LogP contribution in [0.1, 0.15) is 53.6 Å². The highest BCUT2D eigenvalue weighted by atomic mass is 16.6. The van der Waals surface area contributed by atoms with Gasteiger partial charge in [0.2, 0.25) is 0 Å². The molecule has 1 aliphatic heterocycles. The lowest BCUT2D eigenvalue weighted by molar-refractivity contribution is -0.384.